The van der Waals surface area contributed by atoms with Crippen LogP contribution in [0.25, 0.3) is 0 Å². The van der Waals surface area contributed by atoms with Crippen molar-refractivity contribution in [2.24, 2.45) is 0 Å². The smallest absolute Gasteiger partial charge is 0.137 e. The summed E-state index contributed by atoms with van der Waals surface area (Å²) in [7, 11) is 1.58. The SMILES string of the molecule is CCOc1cncc(C(O)c2ccccc2OC)c1. The molecule has 2 rings (SSSR count). The summed E-state index contributed by atoms with van der Waals surface area (Å²) < 4.78 is 10.6. The Kier molecular flexibility index (Phi) is 4.36. The van der Waals surface area contributed by atoms with E-state index in [1.54, 1.807) is 25.6 Å². The minimum absolute atomic E-state index is 0.565. The van der Waals surface area contributed by atoms with Gasteiger partial charge in [0.15, 0.2) is 0 Å². The molecule has 100 valence electrons. The number of nitrogens with zero attached hydrogens (tertiary/aromatic N) is 1. The second-order valence-electron chi connectivity index (χ2n) is 4.03. The van der Waals surface area contributed by atoms with Gasteiger partial charge in [-0.1, -0.05) is 18.2 Å². The first-order chi connectivity index (χ1) is 9.26. The zero-order valence-electron chi connectivity index (χ0n) is 11.0. The van der Waals surface area contributed by atoms with Crippen molar-refractivity contribution in [2.45, 2.75) is 13.0 Å². The summed E-state index contributed by atoms with van der Waals surface area (Å²) in [5.74, 6) is 1.30. The maximum Gasteiger partial charge on any atom is 0.137 e. The molecule has 1 N–H and O–H groups in total. The second kappa shape index (κ2) is 6.20. The topological polar surface area (TPSA) is 51.6 Å². The number of aliphatic hydroxyl groups excluding tert-OH is 1. The number of rotatable bonds is 5. The molecule has 4 nitrogen and oxygen atoms in total. The number of hydrogen-bond acceptors (Lipinski definition) is 4. The predicted molar refractivity (Wildman–Crippen MR) is 72.5 cm³/mol. The number of benzene rings is 1. The summed E-state index contributed by atoms with van der Waals surface area (Å²) in [4.78, 5) is 4.08. The van der Waals surface area contributed by atoms with Gasteiger partial charge in [0.1, 0.15) is 17.6 Å². The van der Waals surface area contributed by atoms with Crippen molar-refractivity contribution in [3.05, 3.63) is 53.9 Å². The van der Waals surface area contributed by atoms with Crippen LogP contribution in [0, 0.1) is 0 Å². The summed E-state index contributed by atoms with van der Waals surface area (Å²) >= 11 is 0. The summed E-state index contributed by atoms with van der Waals surface area (Å²) in [6, 6.07) is 9.16. The molecule has 1 aromatic heterocycles. The molecule has 4 heteroatoms. The van der Waals surface area contributed by atoms with Crippen LogP contribution in [0.4, 0.5) is 0 Å². The zero-order chi connectivity index (χ0) is 13.7. The fourth-order valence-electron chi connectivity index (χ4n) is 1.90. The molecule has 1 heterocycles. The van der Waals surface area contributed by atoms with Crippen LogP contribution in [0.3, 0.4) is 0 Å². The molecule has 1 unspecified atom stereocenters. The number of pyridine rings is 1. The Labute approximate surface area is 112 Å². The molecule has 0 spiro atoms. The molecule has 0 fully saturated rings. The van der Waals surface area contributed by atoms with Crippen molar-refractivity contribution in [3.8, 4) is 11.5 Å². The molecule has 19 heavy (non-hydrogen) atoms. The fraction of sp³-hybridized carbons (Fsp3) is 0.267. The van der Waals surface area contributed by atoms with Crippen LogP contribution >= 0.6 is 0 Å². The first-order valence-corrected chi connectivity index (χ1v) is 6.15. The van der Waals surface area contributed by atoms with E-state index in [2.05, 4.69) is 4.98 Å². The minimum atomic E-state index is -0.788. The first kappa shape index (κ1) is 13.4. The van der Waals surface area contributed by atoms with Gasteiger partial charge in [-0.15, -0.1) is 0 Å². The van der Waals surface area contributed by atoms with Gasteiger partial charge < -0.3 is 14.6 Å². The molecule has 0 radical (unpaired) electrons. The summed E-state index contributed by atoms with van der Waals surface area (Å²) in [5.41, 5.74) is 1.39. The number of ether oxygens (including phenoxy) is 2. The fourth-order valence-corrected chi connectivity index (χ4v) is 1.90. The van der Waals surface area contributed by atoms with E-state index in [1.807, 2.05) is 31.2 Å². The third-order valence-corrected chi connectivity index (χ3v) is 2.79. The summed E-state index contributed by atoms with van der Waals surface area (Å²) in [6.45, 7) is 2.47. The van der Waals surface area contributed by atoms with E-state index < -0.39 is 6.10 Å². The van der Waals surface area contributed by atoms with Gasteiger partial charge in [0.05, 0.1) is 19.9 Å². The van der Waals surface area contributed by atoms with E-state index in [1.165, 1.54) is 0 Å². The average molecular weight is 259 g/mol. The van der Waals surface area contributed by atoms with Crippen molar-refractivity contribution in [1.29, 1.82) is 0 Å². The van der Waals surface area contributed by atoms with E-state index in [0.717, 1.165) is 0 Å². The molecule has 1 atom stereocenters. The van der Waals surface area contributed by atoms with E-state index in [9.17, 15) is 5.11 Å². The number of aliphatic hydroxyl groups is 1. The third kappa shape index (κ3) is 3.03. The van der Waals surface area contributed by atoms with Gasteiger partial charge in [0.25, 0.3) is 0 Å². The molecule has 1 aromatic carbocycles. The highest BCUT2D eigenvalue weighted by atomic mass is 16.5. The third-order valence-electron chi connectivity index (χ3n) is 2.79. The number of aromatic nitrogens is 1. The molecule has 0 saturated carbocycles. The highest BCUT2D eigenvalue weighted by molar-refractivity contribution is 5.40. The summed E-state index contributed by atoms with van der Waals surface area (Å²) in [6.07, 6.45) is 2.46. The average Bonchev–Trinajstić information content (AvgIpc) is 2.47. The van der Waals surface area contributed by atoms with Crippen LogP contribution in [0.15, 0.2) is 42.7 Å². The molecule has 2 aromatic rings. The molecule has 0 saturated heterocycles. The largest absolute Gasteiger partial charge is 0.496 e. The van der Waals surface area contributed by atoms with Gasteiger partial charge in [-0.05, 0) is 19.1 Å². The lowest BCUT2D eigenvalue weighted by Gasteiger charge is -2.15. The van der Waals surface area contributed by atoms with Crippen LogP contribution in [-0.2, 0) is 0 Å². The van der Waals surface area contributed by atoms with Crippen LogP contribution in [0.5, 0.6) is 11.5 Å². The summed E-state index contributed by atoms with van der Waals surface area (Å²) in [5, 5.41) is 10.4. The Balaban J connectivity index is 2.32. The number of hydrogen-bond donors (Lipinski definition) is 1. The van der Waals surface area contributed by atoms with E-state index in [0.29, 0.717) is 29.2 Å². The monoisotopic (exact) mass is 259 g/mol. The highest BCUT2D eigenvalue weighted by Gasteiger charge is 2.15. The quantitative estimate of drug-likeness (QED) is 0.896. The van der Waals surface area contributed by atoms with Gasteiger partial charge in [0, 0.05) is 17.3 Å². The highest BCUT2D eigenvalue weighted by Crippen LogP contribution is 2.30. The molecule has 0 aliphatic rings. The van der Waals surface area contributed by atoms with Crippen LogP contribution in [0.2, 0.25) is 0 Å². The Bertz CT molecular complexity index is 542. The molecule has 0 aliphatic carbocycles. The molecule has 0 aliphatic heterocycles. The normalized spacial score (nSPS) is 11.9. The Morgan fingerprint density at radius 1 is 1.26 bits per heavy atom. The van der Waals surface area contributed by atoms with Crippen LogP contribution in [0.1, 0.15) is 24.2 Å². The predicted octanol–water partition coefficient (Wildman–Crippen LogP) is 2.57. The minimum Gasteiger partial charge on any atom is -0.496 e. The Hall–Kier alpha value is -2.07. The maximum atomic E-state index is 10.4. The van der Waals surface area contributed by atoms with Crippen molar-refractivity contribution in [2.75, 3.05) is 13.7 Å². The van der Waals surface area contributed by atoms with Crippen LogP contribution < -0.4 is 9.47 Å². The van der Waals surface area contributed by atoms with Gasteiger partial charge in [-0.2, -0.15) is 0 Å². The molecular weight excluding hydrogens is 242 g/mol. The van der Waals surface area contributed by atoms with Gasteiger partial charge in [-0.25, -0.2) is 0 Å². The first-order valence-electron chi connectivity index (χ1n) is 6.15. The molecule has 0 bridgehead atoms. The van der Waals surface area contributed by atoms with Gasteiger partial charge >= 0.3 is 0 Å². The Morgan fingerprint density at radius 2 is 2.05 bits per heavy atom. The van der Waals surface area contributed by atoms with Gasteiger partial charge in [0.2, 0.25) is 0 Å². The lowest BCUT2D eigenvalue weighted by atomic mass is 10.0. The molecule has 0 amide bonds. The molecular formula is C15H17NO3. The van der Waals surface area contributed by atoms with Crippen molar-refractivity contribution >= 4 is 0 Å². The van der Waals surface area contributed by atoms with E-state index in [4.69, 9.17) is 9.47 Å². The number of methoxy groups -OCH3 is 1. The number of para-hydroxylation sites is 1. The lowest BCUT2D eigenvalue weighted by Crippen LogP contribution is -2.03. The van der Waals surface area contributed by atoms with Gasteiger partial charge in [-0.3, -0.25) is 4.98 Å². The van der Waals surface area contributed by atoms with E-state index >= 15 is 0 Å². The van der Waals surface area contributed by atoms with Crippen molar-refractivity contribution in [3.63, 3.8) is 0 Å². The zero-order valence-corrected chi connectivity index (χ0v) is 11.0. The second-order valence-corrected chi connectivity index (χ2v) is 4.03. The van der Waals surface area contributed by atoms with Crippen molar-refractivity contribution in [1.82, 2.24) is 4.98 Å². The Morgan fingerprint density at radius 3 is 2.79 bits per heavy atom. The maximum absolute atomic E-state index is 10.4. The lowest BCUT2D eigenvalue weighted by molar-refractivity contribution is 0.213. The van der Waals surface area contributed by atoms with Crippen molar-refractivity contribution < 1.29 is 14.6 Å². The van der Waals surface area contributed by atoms with Crippen LogP contribution in [-0.4, -0.2) is 23.8 Å². The standard InChI is InChI=1S/C15H17NO3/c1-3-19-12-8-11(9-16-10-12)15(17)13-6-4-5-7-14(13)18-2/h4-10,15,17H,3H2,1-2H3. The van der Waals surface area contributed by atoms with E-state index in [-0.39, 0.29) is 0 Å².